The molecule has 1 aromatic carbocycles. The monoisotopic (exact) mass is 329 g/mol. The second-order valence-electron chi connectivity index (χ2n) is 5.99. The number of ether oxygens (including phenoxy) is 1. The second-order valence-corrected chi connectivity index (χ2v) is 5.99. The normalized spacial score (nSPS) is 13.2. The van der Waals surface area contributed by atoms with E-state index in [0.29, 0.717) is 23.3 Å². The predicted octanol–water partition coefficient (Wildman–Crippen LogP) is 2.99. The number of benzene rings is 1. The zero-order chi connectivity index (χ0) is 17.7. The van der Waals surface area contributed by atoms with Crippen LogP contribution in [0.4, 0.5) is 0 Å². The van der Waals surface area contributed by atoms with E-state index in [1.807, 2.05) is 12.1 Å². The maximum absolute atomic E-state index is 8.94. The summed E-state index contributed by atoms with van der Waals surface area (Å²) in [5.74, 6) is 1.21. The van der Waals surface area contributed by atoms with Gasteiger partial charge >= 0.3 is 0 Å². The molecule has 6 heteroatoms. The van der Waals surface area contributed by atoms with Crippen molar-refractivity contribution >= 4 is 5.71 Å². The van der Waals surface area contributed by atoms with Crippen molar-refractivity contribution < 1.29 is 14.4 Å². The average Bonchev–Trinajstić information content (AvgIpc) is 3.05. The van der Waals surface area contributed by atoms with Crippen LogP contribution in [0.1, 0.15) is 43.6 Å². The fraction of sp³-hybridized carbons (Fsp3) is 0.389. The topological polar surface area (TPSA) is 80.7 Å². The predicted molar refractivity (Wildman–Crippen MR) is 92.0 cm³/mol. The van der Waals surface area contributed by atoms with Crippen LogP contribution in [-0.2, 0) is 10.2 Å². The first-order valence-corrected chi connectivity index (χ1v) is 7.71. The quantitative estimate of drug-likeness (QED) is 0.651. The minimum atomic E-state index is -0.390. The Balaban J connectivity index is 2.35. The van der Waals surface area contributed by atoms with Crippen molar-refractivity contribution in [1.82, 2.24) is 10.1 Å². The van der Waals surface area contributed by atoms with Gasteiger partial charge in [-0.3, -0.25) is 0 Å². The molecule has 0 spiro atoms. The summed E-state index contributed by atoms with van der Waals surface area (Å²) in [7, 11) is 1.48. The Morgan fingerprint density at radius 3 is 2.71 bits per heavy atom. The number of methoxy groups -OCH3 is 1. The molecule has 0 saturated carbocycles. The number of aliphatic hydroxyl groups excluding tert-OH is 1. The largest absolute Gasteiger partial charge is 0.481 e. The van der Waals surface area contributed by atoms with E-state index in [-0.39, 0.29) is 6.61 Å². The number of aliphatic imine (C=N–C) groups is 1. The van der Waals surface area contributed by atoms with E-state index in [4.69, 9.17) is 14.4 Å². The molecule has 0 aliphatic rings. The second kappa shape index (κ2) is 7.40. The molecule has 6 nitrogen and oxygen atoms in total. The summed E-state index contributed by atoms with van der Waals surface area (Å²) in [5.41, 5.74) is 2.45. The lowest BCUT2D eigenvalue weighted by molar-refractivity contribution is 0.275. The number of rotatable bonds is 6. The van der Waals surface area contributed by atoms with Crippen LogP contribution in [0.15, 0.2) is 45.7 Å². The molecule has 0 atom stereocenters. The molecule has 128 valence electrons. The van der Waals surface area contributed by atoms with Crippen LogP contribution in [-0.4, -0.2) is 34.7 Å². The average molecular weight is 329 g/mol. The molecule has 24 heavy (non-hydrogen) atoms. The lowest BCUT2D eigenvalue weighted by Gasteiger charge is -2.23. The van der Waals surface area contributed by atoms with E-state index in [1.54, 1.807) is 6.92 Å². The number of aliphatic hydroxyl groups is 1. The third kappa shape index (κ3) is 3.71. The standard InChI is InChI=1S/C18H23N3O3/c1-12-8-6-7-9-14(12)18(3,4)17-20-16(24-21-17)13(2)19-15(23-5)10-11-22/h6-10,22H,11H2,1-5H3/b15-10+,19-13?. The van der Waals surface area contributed by atoms with Gasteiger partial charge < -0.3 is 14.4 Å². The van der Waals surface area contributed by atoms with Gasteiger partial charge in [0, 0.05) is 6.08 Å². The van der Waals surface area contributed by atoms with Crippen molar-refractivity contribution in [3.05, 3.63) is 59.1 Å². The van der Waals surface area contributed by atoms with Crippen molar-refractivity contribution in [2.75, 3.05) is 13.7 Å². The van der Waals surface area contributed by atoms with Crippen LogP contribution < -0.4 is 0 Å². The fourth-order valence-corrected chi connectivity index (χ4v) is 2.48. The number of hydrogen-bond acceptors (Lipinski definition) is 6. The molecular weight excluding hydrogens is 306 g/mol. The smallest absolute Gasteiger partial charge is 0.272 e. The molecule has 0 fully saturated rings. The Labute approximate surface area is 141 Å². The van der Waals surface area contributed by atoms with Crippen molar-refractivity contribution in [2.24, 2.45) is 4.99 Å². The van der Waals surface area contributed by atoms with Gasteiger partial charge in [0.2, 0.25) is 5.88 Å². The van der Waals surface area contributed by atoms with Gasteiger partial charge in [0.1, 0.15) is 5.71 Å². The van der Waals surface area contributed by atoms with Gasteiger partial charge in [0.15, 0.2) is 5.82 Å². The van der Waals surface area contributed by atoms with Crippen molar-refractivity contribution in [3.8, 4) is 0 Å². The van der Waals surface area contributed by atoms with E-state index in [0.717, 1.165) is 5.56 Å². The number of hydrogen-bond donors (Lipinski definition) is 1. The van der Waals surface area contributed by atoms with Crippen LogP contribution in [0.3, 0.4) is 0 Å². The molecule has 2 aromatic rings. The maximum Gasteiger partial charge on any atom is 0.272 e. The van der Waals surface area contributed by atoms with E-state index in [9.17, 15) is 0 Å². The summed E-state index contributed by atoms with van der Waals surface area (Å²) in [5, 5.41) is 13.1. The van der Waals surface area contributed by atoms with Crippen molar-refractivity contribution in [1.29, 1.82) is 0 Å². The van der Waals surface area contributed by atoms with Gasteiger partial charge in [-0.15, -0.1) is 0 Å². The van der Waals surface area contributed by atoms with Crippen LogP contribution in [0.2, 0.25) is 0 Å². The summed E-state index contributed by atoms with van der Waals surface area (Å²) in [6, 6.07) is 8.14. The van der Waals surface area contributed by atoms with E-state index >= 15 is 0 Å². The van der Waals surface area contributed by atoms with Crippen LogP contribution in [0.5, 0.6) is 0 Å². The Kier molecular flexibility index (Phi) is 5.51. The highest BCUT2D eigenvalue weighted by Crippen LogP contribution is 2.31. The minimum absolute atomic E-state index is 0.157. The highest BCUT2D eigenvalue weighted by atomic mass is 16.5. The van der Waals surface area contributed by atoms with Crippen molar-refractivity contribution in [3.63, 3.8) is 0 Å². The molecule has 0 unspecified atom stereocenters. The lowest BCUT2D eigenvalue weighted by Crippen LogP contribution is -2.22. The molecule has 1 N–H and O–H groups in total. The molecule has 0 aliphatic carbocycles. The Hall–Kier alpha value is -2.47. The molecule has 1 aromatic heterocycles. The summed E-state index contributed by atoms with van der Waals surface area (Å²) in [6.45, 7) is 7.78. The van der Waals surface area contributed by atoms with Gasteiger partial charge in [-0.1, -0.05) is 29.4 Å². The molecule has 0 amide bonds. The molecule has 0 aliphatic heterocycles. The fourth-order valence-electron chi connectivity index (χ4n) is 2.48. The summed E-state index contributed by atoms with van der Waals surface area (Å²) < 4.78 is 10.4. The molecule has 0 saturated heterocycles. The lowest BCUT2D eigenvalue weighted by atomic mass is 9.81. The highest BCUT2D eigenvalue weighted by Gasteiger charge is 2.30. The number of aryl methyl sites for hydroxylation is 1. The van der Waals surface area contributed by atoms with Crippen LogP contribution in [0.25, 0.3) is 0 Å². The molecule has 0 bridgehead atoms. The van der Waals surface area contributed by atoms with Gasteiger partial charge in [-0.25, -0.2) is 4.99 Å². The molecule has 2 rings (SSSR count). The molecule has 1 heterocycles. The minimum Gasteiger partial charge on any atom is -0.481 e. The van der Waals surface area contributed by atoms with E-state index in [2.05, 4.69) is 48.0 Å². The summed E-state index contributed by atoms with van der Waals surface area (Å²) >= 11 is 0. The van der Waals surface area contributed by atoms with E-state index in [1.165, 1.54) is 18.7 Å². The number of nitrogens with zero attached hydrogens (tertiary/aromatic N) is 3. The Morgan fingerprint density at radius 2 is 2.08 bits per heavy atom. The zero-order valence-electron chi connectivity index (χ0n) is 14.7. The highest BCUT2D eigenvalue weighted by molar-refractivity contribution is 5.95. The first-order chi connectivity index (χ1) is 11.4. The molecular formula is C18H23N3O3. The maximum atomic E-state index is 8.94. The number of aromatic nitrogens is 2. The summed E-state index contributed by atoms with van der Waals surface area (Å²) in [4.78, 5) is 8.73. The third-order valence-electron chi connectivity index (χ3n) is 3.87. The van der Waals surface area contributed by atoms with Gasteiger partial charge in [-0.05, 0) is 38.8 Å². The van der Waals surface area contributed by atoms with Gasteiger partial charge in [0.25, 0.3) is 5.89 Å². The Morgan fingerprint density at radius 1 is 1.38 bits per heavy atom. The first-order valence-electron chi connectivity index (χ1n) is 7.71. The van der Waals surface area contributed by atoms with Crippen LogP contribution >= 0.6 is 0 Å². The van der Waals surface area contributed by atoms with Crippen molar-refractivity contribution in [2.45, 2.75) is 33.1 Å². The van der Waals surface area contributed by atoms with Gasteiger partial charge in [0.05, 0.1) is 19.1 Å². The van der Waals surface area contributed by atoms with Gasteiger partial charge in [-0.2, -0.15) is 4.98 Å². The zero-order valence-corrected chi connectivity index (χ0v) is 14.7. The SMILES string of the molecule is CO/C(=C/CO)N=C(C)c1nc(C(C)(C)c2ccccc2C)no1. The third-order valence-corrected chi connectivity index (χ3v) is 3.87. The van der Waals surface area contributed by atoms with E-state index < -0.39 is 5.41 Å². The Bertz CT molecular complexity index is 760. The van der Waals surface area contributed by atoms with Crippen LogP contribution in [0, 0.1) is 6.92 Å². The first kappa shape index (κ1) is 17.9. The molecule has 0 radical (unpaired) electrons. The summed E-state index contributed by atoms with van der Waals surface area (Å²) in [6.07, 6.45) is 1.46.